The van der Waals surface area contributed by atoms with Crippen molar-refractivity contribution in [1.29, 1.82) is 5.26 Å². The molecule has 0 amide bonds. The number of nitriles is 1. The molecule has 14 heavy (non-hydrogen) atoms. The minimum absolute atomic E-state index is 0.0528. The van der Waals surface area contributed by atoms with Crippen LogP contribution in [0.25, 0.3) is 0 Å². The molecule has 0 aromatic heterocycles. The molecule has 80 valence electrons. The third kappa shape index (κ3) is 1.92. The van der Waals surface area contributed by atoms with Gasteiger partial charge in [-0.3, -0.25) is 10.6 Å². The predicted molar refractivity (Wildman–Crippen MR) is 57.7 cm³/mol. The number of nitrogens with zero attached hydrogens (tertiary/aromatic N) is 1. The van der Waals surface area contributed by atoms with Gasteiger partial charge in [-0.2, -0.15) is 5.26 Å². The smallest absolute Gasteiger partial charge is 0.0677 e. The van der Waals surface area contributed by atoms with Gasteiger partial charge < -0.3 is 0 Å². The normalized spacial score (nSPS) is 27.1. The molecular formula is C11H21N3. The average Bonchev–Trinajstić information content (AvgIpc) is 2.13. The van der Waals surface area contributed by atoms with E-state index in [0.717, 1.165) is 6.42 Å². The van der Waals surface area contributed by atoms with Gasteiger partial charge in [0.15, 0.2) is 0 Å². The highest BCUT2D eigenvalue weighted by Crippen LogP contribution is 2.33. The van der Waals surface area contributed by atoms with Crippen molar-refractivity contribution < 1.29 is 0 Å². The van der Waals surface area contributed by atoms with Crippen LogP contribution in [0.4, 0.5) is 0 Å². The molecule has 0 bridgehead atoms. The van der Waals surface area contributed by atoms with Gasteiger partial charge >= 0.3 is 0 Å². The van der Waals surface area contributed by atoms with E-state index in [1.807, 2.05) is 0 Å². The van der Waals surface area contributed by atoms with Crippen molar-refractivity contribution in [3.05, 3.63) is 0 Å². The minimum Gasteiger partial charge on any atom is -0.293 e. The molecule has 1 saturated heterocycles. The van der Waals surface area contributed by atoms with E-state index in [2.05, 4.69) is 51.3 Å². The Bertz CT molecular complexity index is 244. The summed E-state index contributed by atoms with van der Waals surface area (Å²) < 4.78 is 0. The standard InChI is InChI=1S/C11H21N3/c1-9(2)10(3,4)14-11(5,13-9)7-6-8-12/h13-14H,6-7H2,1-5H3. The second kappa shape index (κ2) is 3.22. The van der Waals surface area contributed by atoms with Crippen LogP contribution in [0.2, 0.25) is 0 Å². The van der Waals surface area contributed by atoms with E-state index in [9.17, 15) is 0 Å². The highest BCUT2D eigenvalue weighted by Gasteiger charge is 2.50. The Balaban J connectivity index is 2.76. The quantitative estimate of drug-likeness (QED) is 0.706. The molecule has 0 aromatic rings. The maximum absolute atomic E-state index is 8.60. The van der Waals surface area contributed by atoms with Crippen LogP contribution in [0.5, 0.6) is 0 Å². The molecule has 1 aliphatic heterocycles. The molecule has 1 rings (SSSR count). The van der Waals surface area contributed by atoms with Gasteiger partial charge in [-0.05, 0) is 41.0 Å². The van der Waals surface area contributed by atoms with Crippen molar-refractivity contribution in [2.45, 2.75) is 64.2 Å². The van der Waals surface area contributed by atoms with Gasteiger partial charge in [0.05, 0.1) is 11.7 Å². The van der Waals surface area contributed by atoms with E-state index in [1.54, 1.807) is 0 Å². The second-order valence-electron chi connectivity index (χ2n) is 5.49. The maximum atomic E-state index is 8.60. The zero-order valence-corrected chi connectivity index (χ0v) is 9.86. The summed E-state index contributed by atoms with van der Waals surface area (Å²) in [6.45, 7) is 10.9. The monoisotopic (exact) mass is 195 g/mol. The van der Waals surface area contributed by atoms with Crippen LogP contribution < -0.4 is 10.6 Å². The fraction of sp³-hybridized carbons (Fsp3) is 0.909. The summed E-state index contributed by atoms with van der Waals surface area (Å²) in [6, 6.07) is 2.19. The lowest BCUT2D eigenvalue weighted by Gasteiger charge is -2.33. The number of hydrogen-bond acceptors (Lipinski definition) is 3. The SMILES string of the molecule is CC1(CCC#N)NC(C)(C)C(C)(C)N1. The fourth-order valence-corrected chi connectivity index (χ4v) is 2.15. The van der Waals surface area contributed by atoms with Crippen LogP contribution in [-0.2, 0) is 0 Å². The lowest BCUT2D eigenvalue weighted by atomic mass is 9.85. The fourth-order valence-electron chi connectivity index (χ4n) is 2.15. The molecule has 0 atom stereocenters. The van der Waals surface area contributed by atoms with Crippen LogP contribution in [0.3, 0.4) is 0 Å². The molecule has 0 radical (unpaired) electrons. The molecule has 2 N–H and O–H groups in total. The predicted octanol–water partition coefficient (Wildman–Crippen LogP) is 1.76. The van der Waals surface area contributed by atoms with Crippen LogP contribution in [0.15, 0.2) is 0 Å². The van der Waals surface area contributed by atoms with Gasteiger partial charge in [-0.1, -0.05) is 0 Å². The summed E-state index contributed by atoms with van der Waals surface area (Å²) in [5, 5.41) is 15.7. The highest BCUT2D eigenvalue weighted by molar-refractivity contribution is 5.12. The van der Waals surface area contributed by atoms with E-state index < -0.39 is 0 Å². The van der Waals surface area contributed by atoms with Crippen molar-refractivity contribution in [2.24, 2.45) is 0 Å². The van der Waals surface area contributed by atoms with Crippen molar-refractivity contribution in [1.82, 2.24) is 10.6 Å². The lowest BCUT2D eigenvalue weighted by Crippen LogP contribution is -2.51. The molecule has 0 saturated carbocycles. The third-order valence-electron chi connectivity index (χ3n) is 3.48. The van der Waals surface area contributed by atoms with Crippen LogP contribution in [0.1, 0.15) is 47.5 Å². The van der Waals surface area contributed by atoms with Crippen LogP contribution >= 0.6 is 0 Å². The number of hydrogen-bond donors (Lipinski definition) is 2. The van der Waals surface area contributed by atoms with Crippen molar-refractivity contribution in [2.75, 3.05) is 0 Å². The van der Waals surface area contributed by atoms with Gasteiger partial charge in [-0.25, -0.2) is 0 Å². The van der Waals surface area contributed by atoms with E-state index >= 15 is 0 Å². The van der Waals surface area contributed by atoms with Gasteiger partial charge in [0, 0.05) is 17.5 Å². The Morgan fingerprint density at radius 3 is 1.79 bits per heavy atom. The summed E-state index contributed by atoms with van der Waals surface area (Å²) >= 11 is 0. The van der Waals surface area contributed by atoms with E-state index in [1.165, 1.54) is 0 Å². The Kier molecular flexibility index (Phi) is 2.64. The Labute approximate surface area is 86.9 Å². The molecule has 1 fully saturated rings. The summed E-state index contributed by atoms with van der Waals surface area (Å²) in [7, 11) is 0. The summed E-state index contributed by atoms with van der Waals surface area (Å²) in [4.78, 5) is 0. The van der Waals surface area contributed by atoms with Crippen LogP contribution in [-0.4, -0.2) is 16.7 Å². The molecule has 0 aliphatic carbocycles. The Morgan fingerprint density at radius 1 is 1.00 bits per heavy atom. The second-order valence-corrected chi connectivity index (χ2v) is 5.49. The third-order valence-corrected chi connectivity index (χ3v) is 3.48. The molecule has 0 unspecified atom stereocenters. The molecule has 1 heterocycles. The van der Waals surface area contributed by atoms with Crippen LogP contribution in [0, 0.1) is 11.3 Å². The number of rotatable bonds is 2. The minimum atomic E-state index is -0.108. The molecule has 0 spiro atoms. The number of nitrogens with one attached hydrogen (secondary N) is 2. The van der Waals surface area contributed by atoms with E-state index in [-0.39, 0.29) is 16.7 Å². The molecule has 3 heteroatoms. The highest BCUT2D eigenvalue weighted by atomic mass is 15.3. The van der Waals surface area contributed by atoms with Gasteiger partial charge in [0.25, 0.3) is 0 Å². The van der Waals surface area contributed by atoms with Crippen molar-refractivity contribution in [3.8, 4) is 6.07 Å². The largest absolute Gasteiger partial charge is 0.293 e. The van der Waals surface area contributed by atoms with E-state index in [4.69, 9.17) is 5.26 Å². The van der Waals surface area contributed by atoms with Gasteiger partial charge in [-0.15, -0.1) is 0 Å². The van der Waals surface area contributed by atoms with Crippen molar-refractivity contribution in [3.63, 3.8) is 0 Å². The summed E-state index contributed by atoms with van der Waals surface area (Å²) in [5.74, 6) is 0. The molecule has 1 aliphatic rings. The Morgan fingerprint density at radius 2 is 1.43 bits per heavy atom. The zero-order chi connectivity index (χ0) is 11.0. The molecule has 3 nitrogen and oxygen atoms in total. The summed E-state index contributed by atoms with van der Waals surface area (Å²) in [6.07, 6.45) is 1.43. The average molecular weight is 195 g/mol. The maximum Gasteiger partial charge on any atom is 0.0677 e. The first kappa shape index (κ1) is 11.5. The Hall–Kier alpha value is -0.590. The first-order valence-corrected chi connectivity index (χ1v) is 5.18. The summed E-state index contributed by atoms with van der Waals surface area (Å²) in [5.41, 5.74) is -0.00284. The zero-order valence-electron chi connectivity index (χ0n) is 9.86. The first-order chi connectivity index (χ1) is 6.22. The molecular weight excluding hydrogens is 174 g/mol. The van der Waals surface area contributed by atoms with Gasteiger partial charge in [0.2, 0.25) is 0 Å². The van der Waals surface area contributed by atoms with Crippen molar-refractivity contribution >= 4 is 0 Å². The lowest BCUT2D eigenvalue weighted by molar-refractivity contribution is 0.295. The first-order valence-electron chi connectivity index (χ1n) is 5.18. The van der Waals surface area contributed by atoms with Gasteiger partial charge in [0.1, 0.15) is 0 Å². The van der Waals surface area contributed by atoms with E-state index in [0.29, 0.717) is 6.42 Å². The topological polar surface area (TPSA) is 47.9 Å². The molecule has 0 aromatic carbocycles.